The minimum Gasteiger partial charge on any atom is -0.479 e. The third kappa shape index (κ3) is 2.23. The van der Waals surface area contributed by atoms with Gasteiger partial charge in [0.2, 0.25) is 0 Å². The van der Waals surface area contributed by atoms with Gasteiger partial charge in [-0.3, -0.25) is 4.68 Å². The Morgan fingerprint density at radius 3 is 2.80 bits per heavy atom. The van der Waals surface area contributed by atoms with Crippen LogP contribution >= 0.6 is 0 Å². The Morgan fingerprint density at radius 2 is 2.30 bits per heavy atom. The monoisotopic (exact) mass is 278 g/mol. The van der Waals surface area contributed by atoms with Crippen molar-refractivity contribution in [1.82, 2.24) is 20.0 Å². The van der Waals surface area contributed by atoms with Crippen LogP contribution in [0.15, 0.2) is 12.4 Å². The number of amides is 2. The van der Waals surface area contributed by atoms with Gasteiger partial charge in [-0.25, -0.2) is 9.59 Å². The number of aryl methyl sites for hydroxylation is 1. The lowest BCUT2D eigenvalue weighted by molar-refractivity contribution is -0.139. The Labute approximate surface area is 116 Å². The average molecular weight is 278 g/mol. The summed E-state index contributed by atoms with van der Waals surface area (Å²) in [6, 6.07) is -1.05. The van der Waals surface area contributed by atoms with Crippen molar-refractivity contribution in [2.45, 2.75) is 31.3 Å². The van der Waals surface area contributed by atoms with Gasteiger partial charge < -0.3 is 15.3 Å². The molecule has 3 unspecified atom stereocenters. The van der Waals surface area contributed by atoms with E-state index in [4.69, 9.17) is 0 Å². The zero-order chi connectivity index (χ0) is 14.3. The summed E-state index contributed by atoms with van der Waals surface area (Å²) in [4.78, 5) is 25.4. The molecule has 2 fully saturated rings. The lowest BCUT2D eigenvalue weighted by Gasteiger charge is -2.28. The van der Waals surface area contributed by atoms with E-state index in [1.807, 2.05) is 0 Å². The van der Waals surface area contributed by atoms with Crippen molar-refractivity contribution in [3.63, 3.8) is 0 Å². The van der Waals surface area contributed by atoms with Crippen LogP contribution in [0.5, 0.6) is 0 Å². The van der Waals surface area contributed by atoms with Gasteiger partial charge in [0, 0.05) is 31.4 Å². The molecule has 7 nitrogen and oxygen atoms in total. The van der Waals surface area contributed by atoms with Gasteiger partial charge in [-0.15, -0.1) is 0 Å². The Morgan fingerprint density at radius 1 is 1.50 bits per heavy atom. The molecule has 0 radical (unpaired) electrons. The molecule has 2 N–H and O–H groups in total. The highest BCUT2D eigenvalue weighted by molar-refractivity contribution is 5.84. The maximum atomic E-state index is 12.3. The molecule has 2 amide bonds. The molecule has 7 heteroatoms. The fraction of sp³-hybridized carbons (Fsp3) is 0.615. The van der Waals surface area contributed by atoms with Gasteiger partial charge in [-0.1, -0.05) is 0 Å². The van der Waals surface area contributed by atoms with E-state index in [0.717, 1.165) is 19.4 Å². The van der Waals surface area contributed by atoms with Crippen molar-refractivity contribution in [3.05, 3.63) is 18.0 Å². The first kappa shape index (κ1) is 13.0. The summed E-state index contributed by atoms with van der Waals surface area (Å²) in [5, 5.41) is 15.8. The largest absolute Gasteiger partial charge is 0.479 e. The summed E-state index contributed by atoms with van der Waals surface area (Å²) in [6.45, 7) is 0.746. The zero-order valence-electron chi connectivity index (χ0n) is 11.3. The van der Waals surface area contributed by atoms with Crippen LogP contribution in [0.4, 0.5) is 4.79 Å². The number of aromatic nitrogens is 2. The smallest absolute Gasteiger partial charge is 0.331 e. The summed E-state index contributed by atoms with van der Waals surface area (Å²) in [6.07, 6.45) is 6.34. The predicted molar refractivity (Wildman–Crippen MR) is 70.0 cm³/mol. The number of carbonyl (C=O) groups is 2. The molecule has 108 valence electrons. The van der Waals surface area contributed by atoms with E-state index in [-0.39, 0.29) is 12.1 Å². The van der Waals surface area contributed by atoms with Crippen molar-refractivity contribution in [3.8, 4) is 0 Å². The van der Waals surface area contributed by atoms with E-state index in [1.165, 1.54) is 17.3 Å². The van der Waals surface area contributed by atoms with Gasteiger partial charge >= 0.3 is 12.0 Å². The van der Waals surface area contributed by atoms with Crippen molar-refractivity contribution in [1.29, 1.82) is 0 Å². The van der Waals surface area contributed by atoms with Gasteiger partial charge in [0.15, 0.2) is 6.04 Å². The number of piperidine rings is 1. The minimum absolute atomic E-state index is 0.281. The van der Waals surface area contributed by atoms with Crippen molar-refractivity contribution < 1.29 is 14.7 Å². The number of hydrogen-bond donors (Lipinski definition) is 2. The number of rotatable bonds is 3. The molecular weight excluding hydrogens is 260 g/mol. The van der Waals surface area contributed by atoms with Gasteiger partial charge in [0.05, 0.1) is 6.20 Å². The standard InChI is InChI=1S/C13H18N4O3/c1-16-7-9(5-14-16)11(12(18)19)15-13(20)17-6-8-2-3-10(17)4-8/h5,7-8,10-11H,2-4,6H2,1H3,(H,15,20)(H,18,19). The Balaban J connectivity index is 1.70. The maximum absolute atomic E-state index is 12.3. The molecule has 3 atom stereocenters. The van der Waals surface area contributed by atoms with E-state index in [0.29, 0.717) is 11.5 Å². The maximum Gasteiger partial charge on any atom is 0.331 e. The third-order valence-corrected chi connectivity index (χ3v) is 4.24. The van der Waals surface area contributed by atoms with Crippen LogP contribution in [0.2, 0.25) is 0 Å². The van der Waals surface area contributed by atoms with Gasteiger partial charge in [0.1, 0.15) is 0 Å². The number of carboxylic acids is 1. The minimum atomic E-state index is -1.07. The van der Waals surface area contributed by atoms with Gasteiger partial charge in [0.25, 0.3) is 0 Å². The summed E-state index contributed by atoms with van der Waals surface area (Å²) in [5.74, 6) is -0.483. The molecule has 2 aliphatic rings. The van der Waals surface area contributed by atoms with Crippen LogP contribution in [0.25, 0.3) is 0 Å². The summed E-state index contributed by atoms with van der Waals surface area (Å²) in [5.41, 5.74) is 0.484. The number of nitrogens with zero attached hydrogens (tertiary/aromatic N) is 3. The molecule has 0 aromatic carbocycles. The molecule has 1 aliphatic heterocycles. The molecule has 0 spiro atoms. The molecule has 2 bridgehead atoms. The average Bonchev–Trinajstić information content (AvgIpc) is 3.10. The van der Waals surface area contributed by atoms with Crippen LogP contribution in [0.3, 0.4) is 0 Å². The Bertz CT molecular complexity index is 541. The van der Waals surface area contributed by atoms with Crippen molar-refractivity contribution >= 4 is 12.0 Å². The number of nitrogens with one attached hydrogen (secondary N) is 1. The molecule has 1 aliphatic carbocycles. The zero-order valence-corrected chi connectivity index (χ0v) is 11.3. The van der Waals surface area contributed by atoms with Crippen LogP contribution in [-0.4, -0.2) is 44.4 Å². The third-order valence-electron chi connectivity index (χ3n) is 4.24. The topological polar surface area (TPSA) is 87.5 Å². The predicted octanol–water partition coefficient (Wildman–Crippen LogP) is 0.740. The van der Waals surface area contributed by atoms with E-state index < -0.39 is 12.0 Å². The van der Waals surface area contributed by atoms with Crippen molar-refractivity contribution in [2.75, 3.05) is 6.54 Å². The van der Waals surface area contributed by atoms with Crippen molar-refractivity contribution in [2.24, 2.45) is 13.0 Å². The van der Waals surface area contributed by atoms with E-state index in [1.54, 1.807) is 18.1 Å². The van der Waals surface area contributed by atoms with Crippen LogP contribution in [0, 0.1) is 5.92 Å². The molecular formula is C13H18N4O3. The Kier molecular flexibility index (Phi) is 3.11. The second kappa shape index (κ2) is 4.81. The highest BCUT2D eigenvalue weighted by atomic mass is 16.4. The first-order valence-corrected chi connectivity index (χ1v) is 6.83. The Hall–Kier alpha value is -2.05. The van der Waals surface area contributed by atoms with E-state index in [9.17, 15) is 14.7 Å². The number of urea groups is 1. The quantitative estimate of drug-likeness (QED) is 0.853. The summed E-state index contributed by atoms with van der Waals surface area (Å²) < 4.78 is 1.52. The van der Waals surface area contributed by atoms with Gasteiger partial charge in [-0.2, -0.15) is 5.10 Å². The second-order valence-electron chi connectivity index (χ2n) is 5.65. The fourth-order valence-electron chi connectivity index (χ4n) is 3.26. The number of aliphatic carboxylic acids is 1. The first-order valence-electron chi connectivity index (χ1n) is 6.83. The number of fused-ring (bicyclic) bond motifs is 2. The molecule has 1 saturated carbocycles. The lowest BCUT2D eigenvalue weighted by Crippen LogP contribution is -2.46. The van der Waals surface area contributed by atoms with Crippen LogP contribution < -0.4 is 5.32 Å². The van der Waals surface area contributed by atoms with E-state index in [2.05, 4.69) is 10.4 Å². The summed E-state index contributed by atoms with van der Waals surface area (Å²) >= 11 is 0. The fourth-order valence-corrected chi connectivity index (χ4v) is 3.26. The molecule has 2 heterocycles. The number of carbonyl (C=O) groups excluding carboxylic acids is 1. The summed E-state index contributed by atoms with van der Waals surface area (Å²) in [7, 11) is 1.71. The second-order valence-corrected chi connectivity index (χ2v) is 5.65. The number of carboxylic acid groups (broad SMARTS) is 1. The van der Waals surface area contributed by atoms with Crippen LogP contribution in [-0.2, 0) is 11.8 Å². The van der Waals surface area contributed by atoms with Gasteiger partial charge in [-0.05, 0) is 25.2 Å². The molecule has 1 aromatic rings. The molecule has 1 aromatic heterocycles. The molecule has 3 rings (SSSR count). The normalized spacial score (nSPS) is 25.8. The van der Waals surface area contributed by atoms with Crippen LogP contribution in [0.1, 0.15) is 30.9 Å². The molecule has 1 saturated heterocycles. The lowest BCUT2D eigenvalue weighted by atomic mass is 10.1. The SMILES string of the molecule is Cn1cc(C(NC(=O)N2CC3CCC2C3)C(=O)O)cn1. The molecule has 20 heavy (non-hydrogen) atoms. The number of hydrogen-bond acceptors (Lipinski definition) is 3. The first-order chi connectivity index (χ1) is 9.54. The number of likely N-dealkylation sites (tertiary alicyclic amines) is 1. The van der Waals surface area contributed by atoms with E-state index >= 15 is 0 Å². The highest BCUT2D eigenvalue weighted by Gasteiger charge is 2.41. The highest BCUT2D eigenvalue weighted by Crippen LogP contribution is 2.37.